The lowest BCUT2D eigenvalue weighted by atomic mass is 9.93. The summed E-state index contributed by atoms with van der Waals surface area (Å²) in [5, 5.41) is 13.1. The predicted molar refractivity (Wildman–Crippen MR) is 245 cm³/mol. The third-order valence-corrected chi connectivity index (χ3v) is 16.7. The van der Waals surface area contributed by atoms with E-state index in [-0.39, 0.29) is 0 Å². The summed E-state index contributed by atoms with van der Waals surface area (Å²) in [7, 11) is -3.07. The van der Waals surface area contributed by atoms with Gasteiger partial charge in [-0.15, -0.1) is 0 Å². The van der Waals surface area contributed by atoms with Crippen molar-refractivity contribution in [1.29, 1.82) is 0 Å². The van der Waals surface area contributed by atoms with Crippen LogP contribution in [0.2, 0.25) is 0 Å². The Hall–Kier alpha value is -7.20. The second kappa shape index (κ2) is 13.5. The summed E-state index contributed by atoms with van der Waals surface area (Å²) in [5.41, 5.74) is 6.96. The van der Waals surface area contributed by atoms with Gasteiger partial charge in [-0.25, -0.2) is 0 Å². The molecule has 0 atom stereocenters. The largest absolute Gasteiger partial charge is 0.311 e. The molecule has 268 valence electrons. The number of anilines is 6. The van der Waals surface area contributed by atoms with Crippen LogP contribution in [0.25, 0.3) is 32.3 Å². The van der Waals surface area contributed by atoms with E-state index in [1.165, 1.54) is 64.4 Å². The average molecular weight is 743 g/mol. The predicted octanol–water partition coefficient (Wildman–Crippen LogP) is 11.8. The topological polar surface area (TPSA) is 6.48 Å². The molecular weight excluding hydrogens is 705 g/mol. The lowest BCUT2D eigenvalue weighted by Gasteiger charge is -2.46. The molecule has 0 radical (unpaired) electrons. The monoisotopic (exact) mass is 742 g/mol. The minimum atomic E-state index is -3.07. The van der Waals surface area contributed by atoms with Crippen LogP contribution in [0.3, 0.4) is 0 Å². The van der Waals surface area contributed by atoms with Gasteiger partial charge in [0.2, 0.25) is 0 Å². The Labute approximate surface area is 334 Å². The first-order valence-corrected chi connectivity index (χ1v) is 21.7. The Bertz CT molecular complexity index is 2980. The highest BCUT2D eigenvalue weighted by Gasteiger charge is 2.49. The molecule has 11 rings (SSSR count). The van der Waals surface area contributed by atoms with Gasteiger partial charge in [-0.05, 0) is 114 Å². The van der Waals surface area contributed by atoms with Crippen molar-refractivity contribution < 1.29 is 0 Å². The van der Waals surface area contributed by atoms with E-state index < -0.39 is 8.07 Å². The molecule has 57 heavy (non-hydrogen) atoms. The van der Waals surface area contributed by atoms with E-state index in [0.717, 1.165) is 22.7 Å². The summed E-state index contributed by atoms with van der Waals surface area (Å²) in [4.78, 5) is 4.93. The maximum absolute atomic E-state index is 3.07. The van der Waals surface area contributed by atoms with Crippen LogP contribution in [0.5, 0.6) is 0 Å². The fourth-order valence-electron chi connectivity index (χ4n) is 9.48. The molecule has 2 nitrogen and oxygen atoms in total. The molecule has 0 amide bonds. The summed E-state index contributed by atoms with van der Waals surface area (Å²) < 4.78 is 0. The Kier molecular flexibility index (Phi) is 7.87. The number of nitrogens with zero attached hydrogens (tertiary/aromatic N) is 2. The Morgan fingerprint density at radius 3 is 1.21 bits per heavy atom. The van der Waals surface area contributed by atoms with Gasteiger partial charge in [0.25, 0.3) is 0 Å². The fourth-order valence-corrected chi connectivity index (χ4v) is 14.6. The molecule has 1 aliphatic heterocycles. The van der Waals surface area contributed by atoms with Gasteiger partial charge >= 0.3 is 0 Å². The van der Waals surface area contributed by atoms with Gasteiger partial charge in [-0.2, -0.15) is 0 Å². The Balaban J connectivity index is 1.33. The highest BCUT2D eigenvalue weighted by atomic mass is 28.3. The van der Waals surface area contributed by atoms with Crippen molar-refractivity contribution in [2.75, 3.05) is 9.80 Å². The first-order valence-electron chi connectivity index (χ1n) is 19.7. The molecule has 0 bridgehead atoms. The van der Waals surface area contributed by atoms with Crippen molar-refractivity contribution in [3.63, 3.8) is 0 Å². The van der Waals surface area contributed by atoms with Crippen LogP contribution >= 0.6 is 0 Å². The molecule has 0 aliphatic carbocycles. The highest BCUT2D eigenvalue weighted by molar-refractivity contribution is 7.21. The third kappa shape index (κ3) is 5.17. The number of para-hydroxylation sites is 3. The van der Waals surface area contributed by atoms with Gasteiger partial charge in [-0.1, -0.05) is 170 Å². The smallest absolute Gasteiger partial charge is 0.184 e. The van der Waals surface area contributed by atoms with E-state index in [1.54, 1.807) is 0 Å². The van der Waals surface area contributed by atoms with Crippen LogP contribution in [0.15, 0.2) is 231 Å². The molecule has 1 aliphatic rings. The van der Waals surface area contributed by atoms with Crippen LogP contribution in [0, 0.1) is 0 Å². The lowest BCUT2D eigenvalue weighted by molar-refractivity contribution is 1.26. The van der Waals surface area contributed by atoms with Gasteiger partial charge < -0.3 is 9.80 Å². The molecule has 0 N–H and O–H groups in total. The molecular formula is C54H38N2Si. The second-order valence-electron chi connectivity index (χ2n) is 14.9. The van der Waals surface area contributed by atoms with Crippen LogP contribution < -0.4 is 30.5 Å². The van der Waals surface area contributed by atoms with Gasteiger partial charge in [-0.3, -0.25) is 0 Å². The average Bonchev–Trinajstić information content (AvgIpc) is 3.29. The number of rotatable bonds is 6. The molecule has 0 aromatic heterocycles. The summed E-state index contributed by atoms with van der Waals surface area (Å²) in [6, 6.07) is 85.4. The van der Waals surface area contributed by atoms with Crippen molar-refractivity contribution >= 4 is 95.3 Å². The van der Waals surface area contributed by atoms with Crippen molar-refractivity contribution in [3.8, 4) is 0 Å². The van der Waals surface area contributed by atoms with E-state index in [1.807, 2.05) is 0 Å². The van der Waals surface area contributed by atoms with Gasteiger partial charge in [0.15, 0.2) is 8.07 Å². The zero-order valence-corrected chi connectivity index (χ0v) is 32.3. The molecule has 0 unspecified atom stereocenters. The maximum atomic E-state index is 2.59. The summed E-state index contributed by atoms with van der Waals surface area (Å²) in [5.74, 6) is 0. The molecule has 3 heteroatoms. The van der Waals surface area contributed by atoms with Gasteiger partial charge in [0.05, 0.1) is 0 Å². The van der Waals surface area contributed by atoms with Crippen molar-refractivity contribution in [3.05, 3.63) is 231 Å². The molecule has 0 fully saturated rings. The van der Waals surface area contributed by atoms with Crippen LogP contribution in [-0.4, -0.2) is 8.07 Å². The zero-order valence-electron chi connectivity index (χ0n) is 31.3. The van der Waals surface area contributed by atoms with Crippen molar-refractivity contribution in [1.82, 2.24) is 0 Å². The van der Waals surface area contributed by atoms with E-state index >= 15 is 0 Å². The standard InChI is InChI=1S/C54H38N2Si/c1-6-20-39(21-7-1)55(40-22-8-2-9-23-40)42-34-35-51-53(36-42)57(43-26-12-4-13-27-43,44-28-14-5-15-29-44)54-38-50-48-33-19-17-31-46(48)45-30-16-18-32-47(45)49(50)37-52(54)56(51)41-24-10-3-11-25-41/h1-38H. The zero-order chi connectivity index (χ0) is 37.8. The number of fused-ring (bicyclic) bond motifs is 8. The number of benzene rings is 10. The summed E-state index contributed by atoms with van der Waals surface area (Å²) >= 11 is 0. The quantitative estimate of drug-likeness (QED) is 0.124. The van der Waals surface area contributed by atoms with Crippen LogP contribution in [-0.2, 0) is 0 Å². The Morgan fingerprint density at radius 1 is 0.298 bits per heavy atom. The van der Waals surface area contributed by atoms with Crippen LogP contribution in [0.1, 0.15) is 0 Å². The Morgan fingerprint density at radius 2 is 0.702 bits per heavy atom. The van der Waals surface area contributed by atoms with E-state index in [4.69, 9.17) is 0 Å². The molecule has 0 saturated carbocycles. The first-order chi connectivity index (χ1) is 28.3. The SMILES string of the molecule is c1ccc(N(c2ccccc2)c2ccc3c(c2)[Si](c2ccccc2)(c2ccccc2)c2cc4c5ccccc5c5ccccc5c4cc2N3c2ccccc2)cc1. The number of hydrogen-bond donors (Lipinski definition) is 0. The fraction of sp³-hybridized carbons (Fsp3) is 0. The number of hydrogen-bond acceptors (Lipinski definition) is 2. The summed E-state index contributed by atoms with van der Waals surface area (Å²) in [6.07, 6.45) is 0. The minimum Gasteiger partial charge on any atom is -0.311 e. The van der Waals surface area contributed by atoms with Crippen molar-refractivity contribution in [2.45, 2.75) is 0 Å². The maximum Gasteiger partial charge on any atom is 0.184 e. The second-order valence-corrected chi connectivity index (χ2v) is 18.6. The molecule has 0 spiro atoms. The summed E-state index contributed by atoms with van der Waals surface area (Å²) in [6.45, 7) is 0. The van der Waals surface area contributed by atoms with E-state index in [0.29, 0.717) is 0 Å². The minimum absolute atomic E-state index is 1.12. The highest BCUT2D eigenvalue weighted by Crippen LogP contribution is 2.44. The van der Waals surface area contributed by atoms with Crippen molar-refractivity contribution in [2.24, 2.45) is 0 Å². The molecule has 10 aromatic carbocycles. The van der Waals surface area contributed by atoms with Gasteiger partial charge in [0.1, 0.15) is 0 Å². The molecule has 1 heterocycles. The first kappa shape index (κ1) is 33.2. The van der Waals surface area contributed by atoms with Gasteiger partial charge in [0, 0.05) is 34.1 Å². The third-order valence-electron chi connectivity index (χ3n) is 11.8. The van der Waals surface area contributed by atoms with E-state index in [2.05, 4.69) is 240 Å². The lowest BCUT2D eigenvalue weighted by Crippen LogP contribution is -2.77. The van der Waals surface area contributed by atoms with Crippen LogP contribution in [0.4, 0.5) is 34.1 Å². The van der Waals surface area contributed by atoms with E-state index in [9.17, 15) is 0 Å². The normalized spacial score (nSPS) is 13.0. The molecule has 0 saturated heterocycles. The molecule has 10 aromatic rings.